The Labute approximate surface area is 120 Å². The number of rotatable bonds is 3. The maximum atomic E-state index is 12.5. The smallest absolute Gasteiger partial charge is 0.328 e. The lowest BCUT2D eigenvalue weighted by Gasteiger charge is -2.09. The van der Waals surface area contributed by atoms with Crippen molar-refractivity contribution in [3.63, 3.8) is 0 Å². The zero-order valence-electron chi connectivity index (χ0n) is 12.1. The standard InChI is InChI=1S/C14H17F3N4/c1-8(18)6-12-9(2)20-21(10(12)3)13-5-4-11(7-19-13)14(15,16)17/h4-5,7-8H,6,18H2,1-3H3. The number of hydrogen-bond donors (Lipinski definition) is 1. The molecule has 0 aliphatic heterocycles. The van der Waals surface area contributed by atoms with Gasteiger partial charge in [0.05, 0.1) is 11.3 Å². The molecule has 0 aliphatic carbocycles. The molecule has 1 unspecified atom stereocenters. The van der Waals surface area contributed by atoms with E-state index < -0.39 is 11.7 Å². The second-order valence-corrected chi connectivity index (χ2v) is 5.15. The zero-order chi connectivity index (χ0) is 15.8. The van der Waals surface area contributed by atoms with Gasteiger partial charge in [0.1, 0.15) is 0 Å². The lowest BCUT2D eigenvalue weighted by Crippen LogP contribution is -2.18. The second-order valence-electron chi connectivity index (χ2n) is 5.15. The van der Waals surface area contributed by atoms with Gasteiger partial charge >= 0.3 is 6.18 Å². The molecular formula is C14H17F3N4. The van der Waals surface area contributed by atoms with E-state index in [2.05, 4.69) is 10.1 Å². The highest BCUT2D eigenvalue weighted by Gasteiger charge is 2.30. The second kappa shape index (κ2) is 5.48. The van der Waals surface area contributed by atoms with Crippen LogP contribution >= 0.6 is 0 Å². The van der Waals surface area contributed by atoms with Gasteiger partial charge in [-0.1, -0.05) is 0 Å². The van der Waals surface area contributed by atoms with Gasteiger partial charge in [-0.3, -0.25) is 0 Å². The van der Waals surface area contributed by atoms with Crippen LogP contribution in [0.25, 0.3) is 5.82 Å². The summed E-state index contributed by atoms with van der Waals surface area (Å²) in [5, 5.41) is 4.34. The van der Waals surface area contributed by atoms with Gasteiger partial charge in [0.15, 0.2) is 5.82 Å². The fraction of sp³-hybridized carbons (Fsp3) is 0.429. The lowest BCUT2D eigenvalue weighted by atomic mass is 10.1. The van der Waals surface area contributed by atoms with E-state index >= 15 is 0 Å². The summed E-state index contributed by atoms with van der Waals surface area (Å²) in [5.41, 5.74) is 7.69. The number of aryl methyl sites for hydroxylation is 1. The molecule has 7 heteroatoms. The van der Waals surface area contributed by atoms with E-state index in [1.807, 2.05) is 20.8 Å². The number of aromatic nitrogens is 3. The molecule has 2 aromatic rings. The Balaban J connectivity index is 2.39. The van der Waals surface area contributed by atoms with E-state index in [9.17, 15) is 13.2 Å². The maximum Gasteiger partial charge on any atom is 0.417 e. The Morgan fingerprint density at radius 3 is 2.43 bits per heavy atom. The Hall–Kier alpha value is -1.89. The molecule has 0 fully saturated rings. The first-order valence-electron chi connectivity index (χ1n) is 6.54. The normalized spacial score (nSPS) is 13.5. The highest BCUT2D eigenvalue weighted by molar-refractivity contribution is 5.34. The van der Waals surface area contributed by atoms with Gasteiger partial charge in [-0.2, -0.15) is 18.3 Å². The van der Waals surface area contributed by atoms with Crippen LogP contribution in [0.15, 0.2) is 18.3 Å². The summed E-state index contributed by atoms with van der Waals surface area (Å²) in [4.78, 5) is 3.86. The largest absolute Gasteiger partial charge is 0.417 e. The highest BCUT2D eigenvalue weighted by atomic mass is 19.4. The predicted molar refractivity (Wildman–Crippen MR) is 73.2 cm³/mol. The van der Waals surface area contributed by atoms with Gasteiger partial charge in [0, 0.05) is 17.9 Å². The van der Waals surface area contributed by atoms with E-state index in [0.29, 0.717) is 12.2 Å². The molecule has 0 aromatic carbocycles. The minimum atomic E-state index is -4.39. The summed E-state index contributed by atoms with van der Waals surface area (Å²) in [7, 11) is 0. The first kappa shape index (κ1) is 15.5. The molecule has 2 heterocycles. The first-order chi connectivity index (χ1) is 9.70. The third kappa shape index (κ3) is 3.24. The Bertz CT molecular complexity index is 627. The average molecular weight is 298 g/mol. The van der Waals surface area contributed by atoms with E-state index in [-0.39, 0.29) is 6.04 Å². The topological polar surface area (TPSA) is 56.7 Å². The van der Waals surface area contributed by atoms with Crippen LogP contribution in [0.3, 0.4) is 0 Å². The molecule has 114 valence electrons. The quantitative estimate of drug-likeness (QED) is 0.948. The number of nitrogens with two attached hydrogens (primary N) is 1. The van der Waals surface area contributed by atoms with Crippen molar-refractivity contribution in [2.45, 2.75) is 39.4 Å². The number of hydrogen-bond acceptors (Lipinski definition) is 3. The molecule has 2 rings (SSSR count). The zero-order valence-corrected chi connectivity index (χ0v) is 12.1. The molecule has 0 saturated carbocycles. The third-order valence-electron chi connectivity index (χ3n) is 3.26. The Morgan fingerprint density at radius 1 is 1.29 bits per heavy atom. The van der Waals surface area contributed by atoms with E-state index in [4.69, 9.17) is 5.73 Å². The molecule has 0 saturated heterocycles. The third-order valence-corrected chi connectivity index (χ3v) is 3.26. The van der Waals surface area contributed by atoms with Gasteiger partial charge in [0.25, 0.3) is 0 Å². The SMILES string of the molecule is Cc1nn(-c2ccc(C(F)(F)F)cn2)c(C)c1CC(C)N. The summed E-state index contributed by atoms with van der Waals surface area (Å²) in [6.07, 6.45) is -2.91. The lowest BCUT2D eigenvalue weighted by molar-refractivity contribution is -0.137. The molecular weight excluding hydrogens is 281 g/mol. The number of alkyl halides is 3. The Kier molecular flexibility index (Phi) is 4.04. The molecule has 0 spiro atoms. The minimum Gasteiger partial charge on any atom is -0.328 e. The first-order valence-corrected chi connectivity index (χ1v) is 6.54. The van der Waals surface area contributed by atoms with Gasteiger partial charge in [-0.25, -0.2) is 9.67 Å². The molecule has 21 heavy (non-hydrogen) atoms. The van der Waals surface area contributed by atoms with Gasteiger partial charge in [-0.15, -0.1) is 0 Å². The molecule has 0 radical (unpaired) electrons. The predicted octanol–water partition coefficient (Wildman–Crippen LogP) is 2.79. The van der Waals surface area contributed by atoms with Gasteiger partial charge < -0.3 is 5.73 Å². The van der Waals surface area contributed by atoms with Crippen molar-refractivity contribution in [1.29, 1.82) is 0 Å². The molecule has 0 amide bonds. The highest BCUT2D eigenvalue weighted by Crippen LogP contribution is 2.29. The average Bonchev–Trinajstić information content (AvgIpc) is 2.65. The van der Waals surface area contributed by atoms with Crippen LogP contribution < -0.4 is 5.73 Å². The number of nitrogens with zero attached hydrogens (tertiary/aromatic N) is 3. The molecule has 0 aliphatic rings. The van der Waals surface area contributed by atoms with Crippen LogP contribution in [0.1, 0.15) is 29.4 Å². The Morgan fingerprint density at radius 2 is 1.95 bits per heavy atom. The van der Waals surface area contributed by atoms with Crippen molar-refractivity contribution < 1.29 is 13.2 Å². The number of halogens is 3. The maximum absolute atomic E-state index is 12.5. The summed E-state index contributed by atoms with van der Waals surface area (Å²) in [5.74, 6) is 0.361. The van der Waals surface area contributed by atoms with E-state index in [1.165, 1.54) is 6.07 Å². The molecule has 2 aromatic heterocycles. The van der Waals surface area contributed by atoms with Crippen LogP contribution in [0.2, 0.25) is 0 Å². The summed E-state index contributed by atoms with van der Waals surface area (Å²) in [6.45, 7) is 5.61. The molecule has 1 atom stereocenters. The summed E-state index contributed by atoms with van der Waals surface area (Å²) in [6, 6.07) is 2.31. The van der Waals surface area contributed by atoms with Crippen molar-refractivity contribution in [1.82, 2.24) is 14.8 Å². The van der Waals surface area contributed by atoms with Crippen molar-refractivity contribution in [2.24, 2.45) is 5.73 Å². The molecule has 2 N–H and O–H groups in total. The van der Waals surface area contributed by atoms with Crippen LogP contribution in [0.4, 0.5) is 13.2 Å². The van der Waals surface area contributed by atoms with Crippen molar-refractivity contribution in [2.75, 3.05) is 0 Å². The number of pyridine rings is 1. The fourth-order valence-electron chi connectivity index (χ4n) is 2.19. The minimum absolute atomic E-state index is 0.0133. The van der Waals surface area contributed by atoms with Crippen LogP contribution in [-0.2, 0) is 12.6 Å². The van der Waals surface area contributed by atoms with E-state index in [1.54, 1.807) is 4.68 Å². The fourth-order valence-corrected chi connectivity index (χ4v) is 2.19. The van der Waals surface area contributed by atoms with Crippen molar-refractivity contribution in [3.8, 4) is 5.82 Å². The van der Waals surface area contributed by atoms with Crippen LogP contribution in [-0.4, -0.2) is 20.8 Å². The monoisotopic (exact) mass is 298 g/mol. The summed E-state index contributed by atoms with van der Waals surface area (Å²) >= 11 is 0. The molecule has 4 nitrogen and oxygen atoms in total. The van der Waals surface area contributed by atoms with Gasteiger partial charge in [0.2, 0.25) is 0 Å². The molecule has 0 bridgehead atoms. The summed E-state index contributed by atoms with van der Waals surface area (Å²) < 4.78 is 39.2. The van der Waals surface area contributed by atoms with Crippen LogP contribution in [0.5, 0.6) is 0 Å². The van der Waals surface area contributed by atoms with E-state index in [0.717, 1.165) is 29.2 Å². The van der Waals surface area contributed by atoms with Crippen molar-refractivity contribution >= 4 is 0 Å². The van der Waals surface area contributed by atoms with Crippen molar-refractivity contribution in [3.05, 3.63) is 40.8 Å². The van der Waals surface area contributed by atoms with Crippen LogP contribution in [0, 0.1) is 13.8 Å². The van der Waals surface area contributed by atoms with Gasteiger partial charge in [-0.05, 0) is 44.9 Å².